The van der Waals surface area contributed by atoms with Crippen molar-refractivity contribution < 1.29 is 13.5 Å². The maximum atomic E-state index is 14.4. The zero-order valence-corrected chi connectivity index (χ0v) is 18.1. The first kappa shape index (κ1) is 20.9. The van der Waals surface area contributed by atoms with Gasteiger partial charge in [0.15, 0.2) is 11.6 Å². The number of halogens is 2. The van der Waals surface area contributed by atoms with E-state index in [1.54, 1.807) is 17.7 Å². The third-order valence-corrected chi connectivity index (χ3v) is 8.18. The molecule has 2 saturated carbocycles. The first-order valence-corrected chi connectivity index (χ1v) is 11.8. The summed E-state index contributed by atoms with van der Waals surface area (Å²) in [6.45, 7) is 2.32. The average Bonchev–Trinajstić information content (AvgIpc) is 3.32. The molecule has 3 atom stereocenters. The summed E-state index contributed by atoms with van der Waals surface area (Å²) in [6.07, 6.45) is 16.2. The van der Waals surface area contributed by atoms with Crippen molar-refractivity contribution in [2.45, 2.75) is 83.5 Å². The predicted octanol–water partition coefficient (Wildman–Crippen LogP) is 7.80. The molecule has 0 aromatic heterocycles. The van der Waals surface area contributed by atoms with Crippen LogP contribution in [-0.4, -0.2) is 7.11 Å². The molecule has 3 aliphatic rings. The number of rotatable bonds is 7. The van der Waals surface area contributed by atoms with Gasteiger partial charge >= 0.3 is 0 Å². The van der Waals surface area contributed by atoms with Crippen LogP contribution in [0, 0.1) is 35.3 Å². The predicted molar refractivity (Wildman–Crippen MR) is 114 cm³/mol. The molecule has 29 heavy (non-hydrogen) atoms. The SMILES string of the molecule is CCCC1CCC2C(CCC3CCC(c4ccc(OC)c(F)c4F)CC3)=CCC12. The number of hydrogen-bond acceptors (Lipinski definition) is 1. The van der Waals surface area contributed by atoms with Crippen LogP contribution in [0.5, 0.6) is 5.75 Å². The van der Waals surface area contributed by atoms with Crippen LogP contribution in [0.1, 0.15) is 89.0 Å². The van der Waals surface area contributed by atoms with Gasteiger partial charge in [-0.25, -0.2) is 4.39 Å². The molecule has 3 heteroatoms. The summed E-state index contributed by atoms with van der Waals surface area (Å²) in [7, 11) is 1.38. The lowest BCUT2D eigenvalue weighted by atomic mass is 9.76. The van der Waals surface area contributed by atoms with Crippen LogP contribution < -0.4 is 4.74 Å². The Kier molecular flexibility index (Phi) is 6.61. The van der Waals surface area contributed by atoms with E-state index in [0.717, 1.165) is 49.4 Å². The van der Waals surface area contributed by atoms with Gasteiger partial charge in [0, 0.05) is 0 Å². The van der Waals surface area contributed by atoms with Crippen LogP contribution >= 0.6 is 0 Å². The summed E-state index contributed by atoms with van der Waals surface area (Å²) in [6, 6.07) is 3.29. The zero-order chi connectivity index (χ0) is 20.4. The Morgan fingerprint density at radius 3 is 2.48 bits per heavy atom. The van der Waals surface area contributed by atoms with E-state index in [0.29, 0.717) is 5.56 Å². The molecule has 160 valence electrons. The van der Waals surface area contributed by atoms with Gasteiger partial charge in [0.2, 0.25) is 5.82 Å². The Hall–Kier alpha value is -1.38. The van der Waals surface area contributed by atoms with Crippen LogP contribution in [0.15, 0.2) is 23.8 Å². The van der Waals surface area contributed by atoms with E-state index in [4.69, 9.17) is 4.74 Å². The number of methoxy groups -OCH3 is 1. The minimum absolute atomic E-state index is 0.00355. The molecule has 0 spiro atoms. The molecule has 0 amide bonds. The molecular weight excluding hydrogens is 366 g/mol. The quantitative estimate of drug-likeness (QED) is 0.423. The molecule has 0 aliphatic heterocycles. The number of ether oxygens (including phenoxy) is 1. The fourth-order valence-electron chi connectivity index (χ4n) is 6.58. The molecule has 1 aromatic carbocycles. The highest BCUT2D eigenvalue weighted by Gasteiger charge is 2.39. The smallest absolute Gasteiger partial charge is 0.200 e. The molecule has 2 fully saturated rings. The Balaban J connectivity index is 1.27. The topological polar surface area (TPSA) is 9.23 Å². The molecule has 3 aliphatic carbocycles. The number of hydrogen-bond donors (Lipinski definition) is 0. The standard InChI is InChI=1S/C26H36F2O/c1-3-4-18-11-13-22-19(12-14-21(18)22)8-5-17-6-9-20(10-7-17)23-15-16-24(29-2)26(28)25(23)27/h12,15-18,20-22H,3-11,13-14H2,1-2H3. The van der Waals surface area contributed by atoms with Crippen LogP contribution in [0.4, 0.5) is 8.78 Å². The van der Waals surface area contributed by atoms with Crippen LogP contribution in [0.25, 0.3) is 0 Å². The maximum absolute atomic E-state index is 14.4. The summed E-state index contributed by atoms with van der Waals surface area (Å²) in [4.78, 5) is 0. The Labute approximate surface area is 174 Å². The van der Waals surface area contributed by atoms with E-state index in [2.05, 4.69) is 13.0 Å². The van der Waals surface area contributed by atoms with Gasteiger partial charge in [-0.1, -0.05) is 37.5 Å². The highest BCUT2D eigenvalue weighted by molar-refractivity contribution is 5.33. The molecule has 1 aromatic rings. The van der Waals surface area contributed by atoms with Crippen molar-refractivity contribution in [3.8, 4) is 5.75 Å². The van der Waals surface area contributed by atoms with Crippen molar-refractivity contribution in [3.63, 3.8) is 0 Å². The highest BCUT2D eigenvalue weighted by atomic mass is 19.2. The van der Waals surface area contributed by atoms with E-state index >= 15 is 0 Å². The number of fused-ring (bicyclic) bond motifs is 1. The molecule has 0 bridgehead atoms. The minimum Gasteiger partial charge on any atom is -0.494 e. The molecule has 0 N–H and O–H groups in total. The van der Waals surface area contributed by atoms with E-state index in [1.807, 2.05) is 0 Å². The second kappa shape index (κ2) is 9.18. The van der Waals surface area contributed by atoms with Crippen LogP contribution in [0.3, 0.4) is 0 Å². The van der Waals surface area contributed by atoms with E-state index in [9.17, 15) is 8.78 Å². The molecule has 0 saturated heterocycles. The fourth-order valence-corrected chi connectivity index (χ4v) is 6.58. The monoisotopic (exact) mass is 402 g/mol. The number of allylic oxidation sites excluding steroid dienone is 2. The van der Waals surface area contributed by atoms with Crippen LogP contribution in [0.2, 0.25) is 0 Å². The first-order chi connectivity index (χ1) is 14.1. The van der Waals surface area contributed by atoms with Gasteiger partial charge in [-0.3, -0.25) is 0 Å². The molecular formula is C26H36F2O. The van der Waals surface area contributed by atoms with Crippen molar-refractivity contribution in [3.05, 3.63) is 41.0 Å². The second-order valence-electron chi connectivity index (χ2n) is 9.65. The van der Waals surface area contributed by atoms with Crippen molar-refractivity contribution in [2.75, 3.05) is 7.11 Å². The highest BCUT2D eigenvalue weighted by Crippen LogP contribution is 2.51. The summed E-state index contributed by atoms with van der Waals surface area (Å²) in [5.74, 6) is 2.11. The molecule has 0 heterocycles. The van der Waals surface area contributed by atoms with Gasteiger partial charge in [0.25, 0.3) is 0 Å². The minimum atomic E-state index is -0.840. The number of benzene rings is 1. The van der Waals surface area contributed by atoms with Crippen molar-refractivity contribution in [1.29, 1.82) is 0 Å². The normalized spacial score (nSPS) is 31.6. The van der Waals surface area contributed by atoms with Gasteiger partial charge in [0.05, 0.1) is 7.11 Å². The molecule has 4 rings (SSSR count). The lowest BCUT2D eigenvalue weighted by Gasteiger charge is -2.29. The van der Waals surface area contributed by atoms with Crippen molar-refractivity contribution in [1.82, 2.24) is 0 Å². The van der Waals surface area contributed by atoms with Gasteiger partial charge in [-0.05, 0) is 99.0 Å². The van der Waals surface area contributed by atoms with E-state index in [-0.39, 0.29) is 11.7 Å². The summed E-state index contributed by atoms with van der Waals surface area (Å²) in [5, 5.41) is 0. The molecule has 1 nitrogen and oxygen atoms in total. The maximum Gasteiger partial charge on any atom is 0.200 e. The van der Waals surface area contributed by atoms with Crippen LogP contribution in [-0.2, 0) is 0 Å². The van der Waals surface area contributed by atoms with E-state index in [1.165, 1.54) is 52.1 Å². The average molecular weight is 403 g/mol. The van der Waals surface area contributed by atoms with Gasteiger partial charge in [-0.15, -0.1) is 0 Å². The van der Waals surface area contributed by atoms with Crippen molar-refractivity contribution in [2.24, 2.45) is 23.7 Å². The summed E-state index contributed by atoms with van der Waals surface area (Å²) < 4.78 is 33.4. The summed E-state index contributed by atoms with van der Waals surface area (Å²) in [5.41, 5.74) is 2.29. The lowest BCUT2D eigenvalue weighted by Crippen LogP contribution is -2.16. The van der Waals surface area contributed by atoms with E-state index < -0.39 is 11.6 Å². The third kappa shape index (κ3) is 4.25. The van der Waals surface area contributed by atoms with Crippen molar-refractivity contribution >= 4 is 0 Å². The van der Waals surface area contributed by atoms with Gasteiger partial charge in [0.1, 0.15) is 0 Å². The Bertz CT molecular complexity index is 732. The van der Waals surface area contributed by atoms with Gasteiger partial charge in [-0.2, -0.15) is 4.39 Å². The Morgan fingerprint density at radius 1 is 0.966 bits per heavy atom. The fraction of sp³-hybridized carbons (Fsp3) is 0.692. The second-order valence-corrected chi connectivity index (χ2v) is 9.65. The Morgan fingerprint density at radius 2 is 1.76 bits per heavy atom. The van der Waals surface area contributed by atoms with Gasteiger partial charge < -0.3 is 4.74 Å². The largest absolute Gasteiger partial charge is 0.494 e. The molecule has 0 radical (unpaired) electrons. The summed E-state index contributed by atoms with van der Waals surface area (Å²) >= 11 is 0. The third-order valence-electron chi connectivity index (χ3n) is 8.18. The first-order valence-electron chi connectivity index (χ1n) is 11.8. The lowest BCUT2D eigenvalue weighted by molar-refractivity contribution is 0.297. The molecule has 3 unspecified atom stereocenters. The zero-order valence-electron chi connectivity index (χ0n) is 18.1.